The fraction of sp³-hybridized carbons (Fsp3) is 0.526. The van der Waals surface area contributed by atoms with Gasteiger partial charge in [0.25, 0.3) is 0 Å². The summed E-state index contributed by atoms with van der Waals surface area (Å²) >= 11 is 6.31. The molecule has 2 aliphatic rings. The Balaban J connectivity index is 1.47. The van der Waals surface area contributed by atoms with Crippen LogP contribution in [-0.2, 0) is 17.8 Å². The molecule has 0 saturated carbocycles. The molecule has 2 aromatic rings. The molecule has 2 aliphatic heterocycles. The maximum Gasteiger partial charge on any atom is 0.137 e. The van der Waals surface area contributed by atoms with E-state index in [0.29, 0.717) is 17.0 Å². The van der Waals surface area contributed by atoms with Gasteiger partial charge in [-0.3, -0.25) is 9.80 Å². The molecule has 1 aromatic heterocycles. The minimum Gasteiger partial charge on any atom is -0.495 e. The molecule has 1 N–H and O–H groups in total. The van der Waals surface area contributed by atoms with Crippen molar-refractivity contribution in [2.24, 2.45) is 5.92 Å². The van der Waals surface area contributed by atoms with Crippen LogP contribution < -0.4 is 4.74 Å². The number of ether oxygens (including phenoxy) is 2. The number of hydrogen-bond donors (Lipinski definition) is 1. The molecular weight excluding hydrogens is 352 g/mol. The van der Waals surface area contributed by atoms with Gasteiger partial charge in [-0.25, -0.2) is 4.98 Å². The molecule has 2 atom stereocenters. The number of benzene rings is 1. The van der Waals surface area contributed by atoms with Crippen LogP contribution >= 0.6 is 11.6 Å². The van der Waals surface area contributed by atoms with E-state index in [9.17, 15) is 0 Å². The van der Waals surface area contributed by atoms with E-state index in [-0.39, 0.29) is 0 Å². The summed E-state index contributed by atoms with van der Waals surface area (Å²) in [5.41, 5.74) is 2.38. The zero-order valence-electron chi connectivity index (χ0n) is 15.0. The van der Waals surface area contributed by atoms with Crippen LogP contribution in [0.15, 0.2) is 30.7 Å². The topological polar surface area (TPSA) is 53.6 Å². The van der Waals surface area contributed by atoms with Crippen LogP contribution in [0.5, 0.6) is 5.75 Å². The number of H-pyrrole nitrogens is 1. The Morgan fingerprint density at radius 2 is 2.19 bits per heavy atom. The third kappa shape index (κ3) is 4.04. The van der Waals surface area contributed by atoms with Crippen LogP contribution in [0, 0.1) is 5.92 Å². The third-order valence-electron chi connectivity index (χ3n) is 5.21. The Morgan fingerprint density at radius 3 is 2.96 bits per heavy atom. The third-order valence-corrected chi connectivity index (χ3v) is 5.50. The van der Waals surface area contributed by atoms with Gasteiger partial charge in [-0.05, 0) is 17.7 Å². The fourth-order valence-corrected chi connectivity index (χ4v) is 4.28. The van der Waals surface area contributed by atoms with Crippen LogP contribution in [0.2, 0.25) is 5.02 Å². The molecule has 2 bridgehead atoms. The highest BCUT2D eigenvalue weighted by Crippen LogP contribution is 2.27. The molecule has 2 saturated heterocycles. The molecule has 4 rings (SSSR count). The van der Waals surface area contributed by atoms with E-state index in [4.69, 9.17) is 21.1 Å². The highest BCUT2D eigenvalue weighted by molar-refractivity contribution is 6.32. The van der Waals surface area contributed by atoms with Gasteiger partial charge in [0.1, 0.15) is 5.75 Å². The van der Waals surface area contributed by atoms with Gasteiger partial charge in [0.05, 0.1) is 31.7 Å². The second-order valence-corrected chi connectivity index (χ2v) is 7.63. The summed E-state index contributed by atoms with van der Waals surface area (Å²) in [6, 6.07) is 6.44. The number of imidazole rings is 1. The predicted molar refractivity (Wildman–Crippen MR) is 100 cm³/mol. The van der Waals surface area contributed by atoms with Crippen LogP contribution in [0.1, 0.15) is 11.3 Å². The summed E-state index contributed by atoms with van der Waals surface area (Å²) in [6.07, 6.45) is 3.66. The number of halogens is 1. The maximum atomic E-state index is 6.31. The molecule has 3 heterocycles. The lowest BCUT2D eigenvalue weighted by Gasteiger charge is -2.31. The molecule has 6 nitrogen and oxygen atoms in total. The van der Waals surface area contributed by atoms with Crippen molar-refractivity contribution in [3.8, 4) is 5.75 Å². The number of hydrogen-bond acceptors (Lipinski definition) is 5. The maximum absolute atomic E-state index is 6.31. The number of nitrogens with zero attached hydrogens (tertiary/aromatic N) is 3. The van der Waals surface area contributed by atoms with Crippen LogP contribution in [-0.4, -0.2) is 65.8 Å². The first kappa shape index (κ1) is 17.8. The van der Waals surface area contributed by atoms with Gasteiger partial charge in [-0.15, -0.1) is 0 Å². The first-order chi connectivity index (χ1) is 12.7. The lowest BCUT2D eigenvalue weighted by Crippen LogP contribution is -2.43. The van der Waals surface area contributed by atoms with Crippen molar-refractivity contribution < 1.29 is 9.47 Å². The molecule has 0 aliphatic carbocycles. The van der Waals surface area contributed by atoms with Gasteiger partial charge >= 0.3 is 0 Å². The molecular formula is C19H25ClN4O2. The van der Waals surface area contributed by atoms with Gasteiger partial charge in [0.15, 0.2) is 0 Å². The average molecular weight is 377 g/mol. The zero-order valence-corrected chi connectivity index (χ0v) is 15.8. The van der Waals surface area contributed by atoms with Gasteiger partial charge < -0.3 is 14.5 Å². The standard InChI is InChI=1S/C19H25ClN4O2/c1-25-19-3-2-14(4-18(19)20)7-24-8-15-6-23(9-16-5-21-13-22-16)10-17(24)12-26-11-15/h2-5,13,15,17H,6-12H2,1H3,(H,21,22)/t15-,17-/m0/s1. The SMILES string of the molecule is COc1ccc(CN2C[C@H]3COC[C@@H]2CN(Cc2cnc[nH]2)C3)cc1Cl. The van der Waals surface area contributed by atoms with Crippen LogP contribution in [0.4, 0.5) is 0 Å². The number of aromatic amines is 1. The Kier molecular flexibility index (Phi) is 5.45. The quantitative estimate of drug-likeness (QED) is 0.868. The van der Waals surface area contributed by atoms with Crippen molar-refractivity contribution in [3.05, 3.63) is 47.0 Å². The Labute approximate surface area is 159 Å². The molecule has 140 valence electrons. The monoisotopic (exact) mass is 376 g/mol. The molecule has 2 fully saturated rings. The van der Waals surface area contributed by atoms with Crippen molar-refractivity contribution in [1.29, 1.82) is 0 Å². The summed E-state index contributed by atoms with van der Waals surface area (Å²) in [7, 11) is 1.64. The average Bonchev–Trinajstić information content (AvgIpc) is 2.97. The van der Waals surface area contributed by atoms with E-state index >= 15 is 0 Å². The van der Waals surface area contributed by atoms with E-state index < -0.39 is 0 Å². The van der Waals surface area contributed by atoms with Crippen LogP contribution in [0.25, 0.3) is 0 Å². The molecule has 0 amide bonds. The summed E-state index contributed by atoms with van der Waals surface area (Å²) in [5.74, 6) is 1.23. The Morgan fingerprint density at radius 1 is 1.27 bits per heavy atom. The molecule has 7 heteroatoms. The lowest BCUT2D eigenvalue weighted by molar-refractivity contribution is 0.0467. The molecule has 1 aromatic carbocycles. The smallest absolute Gasteiger partial charge is 0.137 e. The normalized spacial score (nSPS) is 24.4. The van der Waals surface area contributed by atoms with E-state index in [1.54, 1.807) is 13.4 Å². The highest BCUT2D eigenvalue weighted by Gasteiger charge is 2.33. The predicted octanol–water partition coefficient (Wildman–Crippen LogP) is 2.40. The van der Waals surface area contributed by atoms with E-state index in [0.717, 1.165) is 51.7 Å². The number of aromatic nitrogens is 2. The zero-order chi connectivity index (χ0) is 17.9. The minimum atomic E-state index is 0.381. The Hall–Kier alpha value is -1.60. The molecule has 26 heavy (non-hydrogen) atoms. The van der Waals surface area contributed by atoms with E-state index in [2.05, 4.69) is 25.8 Å². The number of rotatable bonds is 5. The summed E-state index contributed by atoms with van der Waals surface area (Å²) in [4.78, 5) is 12.4. The lowest BCUT2D eigenvalue weighted by atomic mass is 10.1. The summed E-state index contributed by atoms with van der Waals surface area (Å²) in [5, 5.41) is 0.667. The molecule has 0 unspecified atom stereocenters. The van der Waals surface area contributed by atoms with Gasteiger partial charge in [-0.2, -0.15) is 0 Å². The summed E-state index contributed by atoms with van der Waals surface area (Å²) in [6.45, 7) is 6.50. The van der Waals surface area contributed by atoms with E-state index in [1.807, 2.05) is 18.3 Å². The minimum absolute atomic E-state index is 0.381. The first-order valence-corrected chi connectivity index (χ1v) is 9.43. The largest absolute Gasteiger partial charge is 0.495 e. The van der Waals surface area contributed by atoms with Gasteiger partial charge in [0, 0.05) is 56.6 Å². The molecule has 0 spiro atoms. The summed E-state index contributed by atoms with van der Waals surface area (Å²) < 4.78 is 11.2. The Bertz CT molecular complexity index is 724. The van der Waals surface area contributed by atoms with E-state index in [1.165, 1.54) is 11.3 Å². The number of fused-ring (bicyclic) bond motifs is 3. The van der Waals surface area contributed by atoms with Crippen molar-refractivity contribution >= 4 is 11.6 Å². The fourth-order valence-electron chi connectivity index (χ4n) is 4.00. The van der Waals surface area contributed by atoms with Gasteiger partial charge in [-0.1, -0.05) is 17.7 Å². The molecule has 0 radical (unpaired) electrons. The second-order valence-electron chi connectivity index (χ2n) is 7.23. The van der Waals surface area contributed by atoms with Crippen molar-refractivity contribution in [1.82, 2.24) is 19.8 Å². The van der Waals surface area contributed by atoms with Gasteiger partial charge in [0.2, 0.25) is 0 Å². The second kappa shape index (κ2) is 7.96. The highest BCUT2D eigenvalue weighted by atomic mass is 35.5. The number of nitrogens with one attached hydrogen (secondary N) is 1. The van der Waals surface area contributed by atoms with Crippen molar-refractivity contribution in [2.45, 2.75) is 19.1 Å². The first-order valence-electron chi connectivity index (χ1n) is 9.05. The van der Waals surface area contributed by atoms with Crippen LogP contribution in [0.3, 0.4) is 0 Å². The van der Waals surface area contributed by atoms with Crippen molar-refractivity contribution in [3.63, 3.8) is 0 Å². The van der Waals surface area contributed by atoms with Crippen molar-refractivity contribution in [2.75, 3.05) is 40.0 Å². The number of methoxy groups -OCH3 is 1.